The third-order valence-corrected chi connectivity index (χ3v) is 3.15. The van der Waals surface area contributed by atoms with E-state index in [0.717, 1.165) is 17.3 Å². The summed E-state index contributed by atoms with van der Waals surface area (Å²) in [5.41, 5.74) is 0.946. The van der Waals surface area contributed by atoms with Gasteiger partial charge in [0, 0.05) is 12.0 Å². The molecule has 5 heteroatoms. The fourth-order valence-corrected chi connectivity index (χ4v) is 2.09. The fraction of sp³-hybridized carbons (Fsp3) is 0.333. The van der Waals surface area contributed by atoms with Gasteiger partial charge in [-0.3, -0.25) is 4.57 Å². The highest BCUT2D eigenvalue weighted by atomic mass is 35.5. The van der Waals surface area contributed by atoms with Gasteiger partial charge in [-0.1, -0.05) is 6.07 Å². The van der Waals surface area contributed by atoms with Crippen LogP contribution in [0.15, 0.2) is 24.3 Å². The number of hydrogen-bond donors (Lipinski definition) is 0. The largest absolute Gasteiger partial charge is 0.497 e. The zero-order valence-electron chi connectivity index (χ0n) is 9.43. The molecule has 0 aliphatic heterocycles. The molecule has 0 amide bonds. The van der Waals surface area contributed by atoms with E-state index in [2.05, 4.69) is 10.2 Å². The lowest BCUT2D eigenvalue weighted by molar-refractivity contribution is 0.414. The lowest BCUT2D eigenvalue weighted by Gasteiger charge is -2.08. The van der Waals surface area contributed by atoms with Crippen LogP contribution < -0.4 is 4.74 Å². The molecular weight excluding hydrogens is 238 g/mol. The summed E-state index contributed by atoms with van der Waals surface area (Å²) >= 11 is 6.10. The molecule has 2 aromatic rings. The molecule has 1 aromatic carbocycles. The van der Waals surface area contributed by atoms with Gasteiger partial charge in [0.05, 0.1) is 12.8 Å². The summed E-state index contributed by atoms with van der Waals surface area (Å²) in [5.74, 6) is 2.25. The Bertz CT molecular complexity index is 548. The molecule has 1 aliphatic carbocycles. The number of halogens is 1. The minimum Gasteiger partial charge on any atom is -0.497 e. The van der Waals surface area contributed by atoms with Gasteiger partial charge in [-0.05, 0) is 36.6 Å². The summed E-state index contributed by atoms with van der Waals surface area (Å²) in [6.45, 7) is 0. The number of methoxy groups -OCH3 is 1. The van der Waals surface area contributed by atoms with Crippen LogP contribution in [0.3, 0.4) is 0 Å². The number of hydrogen-bond acceptors (Lipinski definition) is 3. The Morgan fingerprint density at radius 1 is 1.35 bits per heavy atom. The summed E-state index contributed by atoms with van der Waals surface area (Å²) in [4.78, 5) is 0. The van der Waals surface area contributed by atoms with E-state index in [1.165, 1.54) is 12.8 Å². The normalized spacial score (nSPS) is 14.9. The zero-order chi connectivity index (χ0) is 11.8. The van der Waals surface area contributed by atoms with E-state index in [4.69, 9.17) is 16.3 Å². The predicted molar refractivity (Wildman–Crippen MR) is 64.9 cm³/mol. The second-order valence-corrected chi connectivity index (χ2v) is 4.48. The molecule has 1 saturated carbocycles. The van der Waals surface area contributed by atoms with Crippen molar-refractivity contribution in [3.63, 3.8) is 0 Å². The van der Waals surface area contributed by atoms with E-state index < -0.39 is 0 Å². The quantitative estimate of drug-likeness (QED) is 0.840. The molecule has 4 nitrogen and oxygen atoms in total. The standard InChI is InChI=1S/C12H12ClN3O/c1-17-10-4-2-3-9(7-10)16-11(8-5-6-8)14-15-12(16)13/h2-4,7-8H,5-6H2,1H3. The lowest BCUT2D eigenvalue weighted by atomic mass is 10.3. The predicted octanol–water partition coefficient (Wildman–Crippen LogP) is 2.81. The van der Waals surface area contributed by atoms with Gasteiger partial charge in [0.2, 0.25) is 5.28 Å². The van der Waals surface area contributed by atoms with Crippen molar-refractivity contribution in [3.05, 3.63) is 35.4 Å². The molecule has 0 N–H and O–H groups in total. The van der Waals surface area contributed by atoms with Gasteiger partial charge in [0.15, 0.2) is 0 Å². The van der Waals surface area contributed by atoms with Gasteiger partial charge < -0.3 is 4.74 Å². The van der Waals surface area contributed by atoms with Gasteiger partial charge in [-0.2, -0.15) is 0 Å². The second-order valence-electron chi connectivity index (χ2n) is 4.14. The number of nitrogens with zero attached hydrogens (tertiary/aromatic N) is 3. The van der Waals surface area contributed by atoms with Gasteiger partial charge in [0.25, 0.3) is 0 Å². The van der Waals surface area contributed by atoms with Crippen LogP contribution in [-0.4, -0.2) is 21.9 Å². The van der Waals surface area contributed by atoms with Crippen LogP contribution in [0.2, 0.25) is 5.28 Å². The van der Waals surface area contributed by atoms with E-state index in [9.17, 15) is 0 Å². The molecule has 1 aliphatic rings. The third-order valence-electron chi connectivity index (χ3n) is 2.90. The average Bonchev–Trinajstić information content (AvgIpc) is 3.13. The van der Waals surface area contributed by atoms with Crippen molar-refractivity contribution in [3.8, 4) is 11.4 Å². The van der Waals surface area contributed by atoms with Crippen molar-refractivity contribution in [1.29, 1.82) is 0 Å². The highest BCUT2D eigenvalue weighted by Gasteiger charge is 2.30. The molecule has 0 saturated heterocycles. The summed E-state index contributed by atoms with van der Waals surface area (Å²) in [6, 6.07) is 7.74. The van der Waals surface area contributed by atoms with Crippen LogP contribution >= 0.6 is 11.6 Å². The first-order valence-electron chi connectivity index (χ1n) is 5.55. The van der Waals surface area contributed by atoms with Gasteiger partial charge in [-0.25, -0.2) is 0 Å². The molecule has 0 unspecified atom stereocenters. The van der Waals surface area contributed by atoms with Crippen molar-refractivity contribution in [1.82, 2.24) is 14.8 Å². The number of ether oxygens (including phenoxy) is 1. The van der Waals surface area contributed by atoms with E-state index in [-0.39, 0.29) is 0 Å². The first-order chi connectivity index (χ1) is 8.29. The molecule has 0 bridgehead atoms. The van der Waals surface area contributed by atoms with Crippen LogP contribution in [0, 0.1) is 0 Å². The molecule has 0 spiro atoms. The van der Waals surface area contributed by atoms with E-state index in [1.807, 2.05) is 28.8 Å². The number of aromatic nitrogens is 3. The molecule has 3 rings (SSSR count). The van der Waals surface area contributed by atoms with Crippen molar-refractivity contribution in [2.24, 2.45) is 0 Å². The highest BCUT2D eigenvalue weighted by Crippen LogP contribution is 2.40. The molecular formula is C12H12ClN3O. The SMILES string of the molecule is COc1cccc(-n2c(Cl)nnc2C2CC2)c1. The van der Waals surface area contributed by atoms with Crippen LogP contribution in [0.25, 0.3) is 5.69 Å². The Balaban J connectivity index is 2.10. The summed E-state index contributed by atoms with van der Waals surface area (Å²) in [7, 11) is 1.65. The Kier molecular flexibility index (Phi) is 2.52. The summed E-state index contributed by atoms with van der Waals surface area (Å²) in [5, 5.41) is 8.50. The minimum atomic E-state index is 0.403. The lowest BCUT2D eigenvalue weighted by Crippen LogP contribution is -2.00. The highest BCUT2D eigenvalue weighted by molar-refractivity contribution is 6.28. The third kappa shape index (κ3) is 1.89. The van der Waals surface area contributed by atoms with Gasteiger partial charge in [0.1, 0.15) is 11.6 Å². The van der Waals surface area contributed by atoms with Crippen molar-refractivity contribution < 1.29 is 4.74 Å². The number of rotatable bonds is 3. The first kappa shape index (κ1) is 10.6. The minimum absolute atomic E-state index is 0.403. The molecule has 88 valence electrons. The number of benzene rings is 1. The van der Waals surface area contributed by atoms with Gasteiger partial charge in [-0.15, -0.1) is 10.2 Å². The Morgan fingerprint density at radius 2 is 2.18 bits per heavy atom. The van der Waals surface area contributed by atoms with Crippen LogP contribution in [0.1, 0.15) is 24.6 Å². The molecule has 0 radical (unpaired) electrons. The van der Waals surface area contributed by atoms with Crippen molar-refractivity contribution in [2.45, 2.75) is 18.8 Å². The van der Waals surface area contributed by atoms with E-state index in [0.29, 0.717) is 11.2 Å². The molecule has 1 aromatic heterocycles. The first-order valence-corrected chi connectivity index (χ1v) is 5.92. The van der Waals surface area contributed by atoms with E-state index in [1.54, 1.807) is 7.11 Å². The van der Waals surface area contributed by atoms with Crippen LogP contribution in [0.5, 0.6) is 5.75 Å². The smallest absolute Gasteiger partial charge is 0.229 e. The van der Waals surface area contributed by atoms with Crippen LogP contribution in [0.4, 0.5) is 0 Å². The monoisotopic (exact) mass is 249 g/mol. The second kappa shape index (κ2) is 4.04. The van der Waals surface area contributed by atoms with Crippen molar-refractivity contribution >= 4 is 11.6 Å². The Morgan fingerprint density at radius 3 is 2.88 bits per heavy atom. The van der Waals surface area contributed by atoms with Crippen LogP contribution in [-0.2, 0) is 0 Å². The average molecular weight is 250 g/mol. The maximum Gasteiger partial charge on any atom is 0.229 e. The molecule has 1 fully saturated rings. The summed E-state index contributed by atoms with van der Waals surface area (Å²) < 4.78 is 7.10. The fourth-order valence-electron chi connectivity index (χ4n) is 1.87. The maximum atomic E-state index is 6.10. The molecule has 1 heterocycles. The molecule has 17 heavy (non-hydrogen) atoms. The van der Waals surface area contributed by atoms with Gasteiger partial charge >= 0.3 is 0 Å². The molecule has 0 atom stereocenters. The Hall–Kier alpha value is -1.55. The summed E-state index contributed by atoms with van der Waals surface area (Å²) in [6.07, 6.45) is 2.33. The van der Waals surface area contributed by atoms with Crippen molar-refractivity contribution in [2.75, 3.05) is 7.11 Å². The zero-order valence-corrected chi connectivity index (χ0v) is 10.2. The maximum absolute atomic E-state index is 6.10. The van der Waals surface area contributed by atoms with E-state index >= 15 is 0 Å². The topological polar surface area (TPSA) is 39.9 Å². The Labute approximate surface area is 104 Å².